The molecule has 0 bridgehead atoms. The van der Waals surface area contributed by atoms with E-state index >= 15 is 0 Å². The Hall–Kier alpha value is -1.36. The Bertz CT molecular complexity index is 386. The van der Waals surface area contributed by atoms with Crippen LogP contribution in [0.2, 0.25) is 0 Å². The molecule has 0 aliphatic rings. The standard InChI is InChI=1S/C11H15NO3S/c1-7(2)11(3,10(14)15)12-9(13)8-4-5-16-6-8/h4-7H,1-3H3,(H,12,13)(H,14,15). The largest absolute Gasteiger partial charge is 0.480 e. The summed E-state index contributed by atoms with van der Waals surface area (Å²) >= 11 is 1.40. The van der Waals surface area contributed by atoms with E-state index in [1.807, 2.05) is 0 Å². The van der Waals surface area contributed by atoms with Gasteiger partial charge in [0.15, 0.2) is 0 Å². The molecule has 2 N–H and O–H groups in total. The summed E-state index contributed by atoms with van der Waals surface area (Å²) in [6, 6.07) is 1.67. The molecule has 1 unspecified atom stereocenters. The summed E-state index contributed by atoms with van der Waals surface area (Å²) < 4.78 is 0. The van der Waals surface area contributed by atoms with Crippen LogP contribution < -0.4 is 5.32 Å². The second kappa shape index (κ2) is 4.65. The van der Waals surface area contributed by atoms with Crippen molar-refractivity contribution in [1.29, 1.82) is 0 Å². The fourth-order valence-corrected chi connectivity index (χ4v) is 1.78. The maximum absolute atomic E-state index is 11.8. The summed E-state index contributed by atoms with van der Waals surface area (Å²) in [6.07, 6.45) is 0. The molecule has 0 spiro atoms. The van der Waals surface area contributed by atoms with Crippen LogP contribution in [0.15, 0.2) is 16.8 Å². The molecule has 0 fully saturated rings. The molecule has 0 aliphatic heterocycles. The van der Waals surface area contributed by atoms with Crippen LogP contribution in [0.25, 0.3) is 0 Å². The van der Waals surface area contributed by atoms with Crippen molar-refractivity contribution in [2.24, 2.45) is 5.92 Å². The van der Waals surface area contributed by atoms with Gasteiger partial charge in [0.25, 0.3) is 5.91 Å². The van der Waals surface area contributed by atoms with Gasteiger partial charge in [-0.3, -0.25) is 4.79 Å². The normalized spacial score (nSPS) is 14.5. The number of hydrogen-bond acceptors (Lipinski definition) is 3. The first-order chi connectivity index (χ1) is 7.38. The van der Waals surface area contributed by atoms with Gasteiger partial charge < -0.3 is 10.4 Å². The lowest BCUT2D eigenvalue weighted by molar-refractivity contribution is -0.145. The van der Waals surface area contributed by atoms with Gasteiger partial charge in [0.05, 0.1) is 5.56 Å². The molecule has 1 atom stereocenters. The molecule has 1 aromatic rings. The van der Waals surface area contributed by atoms with Gasteiger partial charge in [-0.1, -0.05) is 13.8 Å². The number of amides is 1. The van der Waals surface area contributed by atoms with E-state index < -0.39 is 11.5 Å². The van der Waals surface area contributed by atoms with Crippen molar-refractivity contribution in [3.63, 3.8) is 0 Å². The number of carbonyl (C=O) groups excluding carboxylic acids is 1. The number of carbonyl (C=O) groups is 2. The molecule has 1 rings (SSSR count). The van der Waals surface area contributed by atoms with Crippen LogP contribution in [0.3, 0.4) is 0 Å². The van der Waals surface area contributed by atoms with E-state index in [9.17, 15) is 9.59 Å². The molecule has 0 saturated carbocycles. The van der Waals surface area contributed by atoms with Gasteiger partial charge in [-0.15, -0.1) is 0 Å². The Morgan fingerprint density at radius 1 is 1.50 bits per heavy atom. The quantitative estimate of drug-likeness (QED) is 0.847. The van der Waals surface area contributed by atoms with E-state index in [-0.39, 0.29) is 11.8 Å². The third kappa shape index (κ3) is 2.41. The first-order valence-corrected chi connectivity index (χ1v) is 5.90. The highest BCUT2D eigenvalue weighted by atomic mass is 32.1. The third-order valence-corrected chi connectivity index (χ3v) is 3.44. The minimum atomic E-state index is -1.24. The van der Waals surface area contributed by atoms with Crippen molar-refractivity contribution in [1.82, 2.24) is 5.32 Å². The van der Waals surface area contributed by atoms with E-state index in [2.05, 4.69) is 5.32 Å². The van der Waals surface area contributed by atoms with E-state index in [4.69, 9.17) is 5.11 Å². The van der Waals surface area contributed by atoms with Crippen LogP contribution in [0.4, 0.5) is 0 Å². The summed E-state index contributed by atoms with van der Waals surface area (Å²) in [5.74, 6) is -1.56. The molecular formula is C11H15NO3S. The maximum atomic E-state index is 11.8. The molecule has 16 heavy (non-hydrogen) atoms. The van der Waals surface area contributed by atoms with Crippen LogP contribution >= 0.6 is 11.3 Å². The van der Waals surface area contributed by atoms with E-state index in [0.717, 1.165) is 0 Å². The minimum Gasteiger partial charge on any atom is -0.480 e. The lowest BCUT2D eigenvalue weighted by Gasteiger charge is -2.30. The number of aliphatic carboxylic acids is 1. The monoisotopic (exact) mass is 241 g/mol. The van der Waals surface area contributed by atoms with Crippen molar-refractivity contribution in [2.75, 3.05) is 0 Å². The average Bonchev–Trinajstić information content (AvgIpc) is 2.69. The number of rotatable bonds is 4. The van der Waals surface area contributed by atoms with Gasteiger partial charge in [0, 0.05) is 5.38 Å². The predicted octanol–water partition coefficient (Wildman–Crippen LogP) is 1.98. The van der Waals surface area contributed by atoms with Crippen LogP contribution in [-0.2, 0) is 4.79 Å². The minimum absolute atomic E-state index is 0.187. The fourth-order valence-electron chi connectivity index (χ4n) is 1.15. The zero-order chi connectivity index (χ0) is 12.3. The molecular weight excluding hydrogens is 226 g/mol. The van der Waals surface area contributed by atoms with Crippen molar-refractivity contribution < 1.29 is 14.7 Å². The fraction of sp³-hybridized carbons (Fsp3) is 0.455. The van der Waals surface area contributed by atoms with Crippen LogP contribution in [0.1, 0.15) is 31.1 Å². The highest BCUT2D eigenvalue weighted by molar-refractivity contribution is 7.08. The van der Waals surface area contributed by atoms with E-state index in [1.54, 1.807) is 30.7 Å². The molecule has 0 saturated heterocycles. The van der Waals surface area contributed by atoms with Gasteiger partial charge in [0.1, 0.15) is 5.54 Å². The summed E-state index contributed by atoms with van der Waals surface area (Å²) in [4.78, 5) is 22.9. The summed E-state index contributed by atoms with van der Waals surface area (Å²) in [7, 11) is 0. The van der Waals surface area contributed by atoms with Crippen LogP contribution in [0, 0.1) is 5.92 Å². The van der Waals surface area contributed by atoms with Crippen molar-refractivity contribution >= 4 is 23.2 Å². The Balaban J connectivity index is 2.86. The van der Waals surface area contributed by atoms with E-state index in [0.29, 0.717) is 5.56 Å². The van der Waals surface area contributed by atoms with E-state index in [1.165, 1.54) is 18.3 Å². The Morgan fingerprint density at radius 3 is 2.50 bits per heavy atom. The van der Waals surface area contributed by atoms with Crippen molar-refractivity contribution in [3.05, 3.63) is 22.4 Å². The Morgan fingerprint density at radius 2 is 2.12 bits per heavy atom. The average molecular weight is 241 g/mol. The summed E-state index contributed by atoms with van der Waals surface area (Å²) in [5.41, 5.74) is -0.739. The molecule has 1 heterocycles. The van der Waals surface area contributed by atoms with Gasteiger partial charge >= 0.3 is 5.97 Å². The molecule has 0 aliphatic carbocycles. The second-order valence-corrected chi connectivity index (χ2v) is 4.91. The topological polar surface area (TPSA) is 66.4 Å². The second-order valence-electron chi connectivity index (χ2n) is 4.13. The van der Waals surface area contributed by atoms with Gasteiger partial charge in [-0.05, 0) is 24.3 Å². The predicted molar refractivity (Wildman–Crippen MR) is 62.7 cm³/mol. The van der Waals surface area contributed by atoms with Crippen LogP contribution in [-0.4, -0.2) is 22.5 Å². The van der Waals surface area contributed by atoms with Gasteiger partial charge in [-0.25, -0.2) is 4.79 Å². The number of nitrogens with one attached hydrogen (secondary N) is 1. The molecule has 5 heteroatoms. The molecule has 88 valence electrons. The highest BCUT2D eigenvalue weighted by Gasteiger charge is 2.38. The molecule has 1 amide bonds. The first kappa shape index (κ1) is 12.7. The molecule has 0 radical (unpaired) electrons. The third-order valence-electron chi connectivity index (χ3n) is 2.76. The highest BCUT2D eigenvalue weighted by Crippen LogP contribution is 2.18. The Labute approximate surface area is 98.3 Å². The van der Waals surface area contributed by atoms with Crippen LogP contribution in [0.5, 0.6) is 0 Å². The number of carboxylic acids is 1. The first-order valence-electron chi connectivity index (χ1n) is 4.96. The van der Waals surface area contributed by atoms with Gasteiger partial charge in [-0.2, -0.15) is 11.3 Å². The molecule has 0 aromatic carbocycles. The number of hydrogen-bond donors (Lipinski definition) is 2. The molecule has 4 nitrogen and oxygen atoms in total. The number of thiophene rings is 1. The molecule has 1 aromatic heterocycles. The number of carboxylic acid groups (broad SMARTS) is 1. The maximum Gasteiger partial charge on any atom is 0.329 e. The zero-order valence-corrected chi connectivity index (χ0v) is 10.3. The van der Waals surface area contributed by atoms with Crippen molar-refractivity contribution in [3.8, 4) is 0 Å². The lowest BCUT2D eigenvalue weighted by atomic mass is 9.88. The SMILES string of the molecule is CC(C)C(C)(NC(=O)c1ccsc1)C(=O)O. The van der Waals surface area contributed by atoms with Gasteiger partial charge in [0.2, 0.25) is 0 Å². The Kier molecular flexibility index (Phi) is 3.70. The van der Waals surface area contributed by atoms with Crippen molar-refractivity contribution in [2.45, 2.75) is 26.3 Å². The zero-order valence-electron chi connectivity index (χ0n) is 9.48. The lowest BCUT2D eigenvalue weighted by Crippen LogP contribution is -2.55. The smallest absolute Gasteiger partial charge is 0.329 e. The summed E-state index contributed by atoms with van der Waals surface area (Å²) in [6.45, 7) is 5.05. The summed E-state index contributed by atoms with van der Waals surface area (Å²) in [5, 5.41) is 15.2.